The van der Waals surface area contributed by atoms with Gasteiger partial charge in [-0.1, -0.05) is 12.1 Å². The standard InChI is InChI=1S/C22H29N5O3/c1-26(2)12-11-18-13-16(24-22(29)30)14-27(18)17-9-7-15(8-10-17)21(28)25-20-6-4-3-5-19(20)23/h3-10,16,18,24H,11-14,23H2,1-2H3,(H,25,28)(H,29,30). The van der Waals surface area contributed by atoms with Crippen LogP contribution in [0, 0.1) is 0 Å². The third-order valence-electron chi connectivity index (χ3n) is 5.32. The number of carbonyl (C=O) groups excluding carboxylic acids is 1. The van der Waals surface area contributed by atoms with Crippen LogP contribution in [0.25, 0.3) is 0 Å². The minimum absolute atomic E-state index is 0.112. The number of anilines is 3. The summed E-state index contributed by atoms with van der Waals surface area (Å²) in [7, 11) is 4.05. The predicted molar refractivity (Wildman–Crippen MR) is 119 cm³/mol. The molecular weight excluding hydrogens is 382 g/mol. The number of carboxylic acid groups (broad SMARTS) is 1. The van der Waals surface area contributed by atoms with Gasteiger partial charge in [0.25, 0.3) is 5.91 Å². The number of nitrogens with two attached hydrogens (primary N) is 1. The topological polar surface area (TPSA) is 111 Å². The molecule has 1 aliphatic rings. The van der Waals surface area contributed by atoms with E-state index in [0.29, 0.717) is 23.5 Å². The summed E-state index contributed by atoms with van der Waals surface area (Å²) in [5, 5.41) is 14.5. The van der Waals surface area contributed by atoms with E-state index < -0.39 is 6.09 Å². The van der Waals surface area contributed by atoms with Crippen molar-refractivity contribution in [2.24, 2.45) is 0 Å². The van der Waals surface area contributed by atoms with Gasteiger partial charge in [0.2, 0.25) is 0 Å². The van der Waals surface area contributed by atoms with Gasteiger partial charge >= 0.3 is 6.09 Å². The van der Waals surface area contributed by atoms with Crippen LogP contribution in [0.4, 0.5) is 21.9 Å². The van der Waals surface area contributed by atoms with Gasteiger partial charge in [-0.25, -0.2) is 4.79 Å². The van der Waals surface area contributed by atoms with Gasteiger partial charge in [-0.3, -0.25) is 4.79 Å². The van der Waals surface area contributed by atoms with E-state index in [9.17, 15) is 9.59 Å². The van der Waals surface area contributed by atoms with Crippen LogP contribution >= 0.6 is 0 Å². The summed E-state index contributed by atoms with van der Waals surface area (Å²) in [6.45, 7) is 1.52. The van der Waals surface area contributed by atoms with Gasteiger partial charge < -0.3 is 31.3 Å². The van der Waals surface area contributed by atoms with Gasteiger partial charge in [-0.05, 0) is 69.9 Å². The van der Waals surface area contributed by atoms with E-state index in [-0.39, 0.29) is 18.0 Å². The molecule has 160 valence electrons. The molecule has 2 aromatic rings. The van der Waals surface area contributed by atoms with Crippen molar-refractivity contribution in [2.45, 2.75) is 24.9 Å². The highest BCUT2D eigenvalue weighted by Crippen LogP contribution is 2.28. The lowest BCUT2D eigenvalue weighted by Crippen LogP contribution is -2.36. The second-order valence-electron chi connectivity index (χ2n) is 7.87. The summed E-state index contributed by atoms with van der Waals surface area (Å²) >= 11 is 0. The van der Waals surface area contributed by atoms with E-state index in [0.717, 1.165) is 25.1 Å². The van der Waals surface area contributed by atoms with Crippen LogP contribution in [-0.4, -0.2) is 61.3 Å². The zero-order valence-corrected chi connectivity index (χ0v) is 17.3. The molecule has 1 aliphatic heterocycles. The summed E-state index contributed by atoms with van der Waals surface area (Å²) < 4.78 is 0. The molecule has 2 unspecified atom stereocenters. The molecular formula is C22H29N5O3. The first kappa shape index (κ1) is 21.4. The monoisotopic (exact) mass is 411 g/mol. The van der Waals surface area contributed by atoms with Crippen LogP contribution in [0.3, 0.4) is 0 Å². The molecule has 1 fully saturated rings. The van der Waals surface area contributed by atoms with E-state index in [2.05, 4.69) is 20.4 Å². The van der Waals surface area contributed by atoms with Gasteiger partial charge in [0.05, 0.1) is 17.4 Å². The van der Waals surface area contributed by atoms with Crippen LogP contribution in [0.15, 0.2) is 48.5 Å². The van der Waals surface area contributed by atoms with Gasteiger partial charge in [-0.15, -0.1) is 0 Å². The number of hydrogen-bond acceptors (Lipinski definition) is 5. The van der Waals surface area contributed by atoms with Crippen molar-refractivity contribution < 1.29 is 14.7 Å². The quantitative estimate of drug-likeness (QED) is 0.522. The lowest BCUT2D eigenvalue weighted by molar-refractivity contribution is 0.102. The molecule has 2 aromatic carbocycles. The van der Waals surface area contributed by atoms with Crippen LogP contribution < -0.4 is 21.3 Å². The number of hydrogen-bond donors (Lipinski definition) is 4. The third-order valence-corrected chi connectivity index (χ3v) is 5.32. The van der Waals surface area contributed by atoms with Crippen molar-refractivity contribution in [3.63, 3.8) is 0 Å². The van der Waals surface area contributed by atoms with E-state index in [4.69, 9.17) is 10.8 Å². The molecule has 30 heavy (non-hydrogen) atoms. The molecule has 0 aliphatic carbocycles. The largest absolute Gasteiger partial charge is 0.465 e. The number of rotatable bonds is 7. The molecule has 0 aromatic heterocycles. The maximum atomic E-state index is 12.6. The van der Waals surface area contributed by atoms with Crippen molar-refractivity contribution in [3.8, 4) is 0 Å². The van der Waals surface area contributed by atoms with Gasteiger partial charge in [-0.2, -0.15) is 0 Å². The van der Waals surface area contributed by atoms with Gasteiger partial charge in [0, 0.05) is 23.8 Å². The Morgan fingerprint density at radius 1 is 1.17 bits per heavy atom. The molecule has 0 saturated carbocycles. The Kier molecular flexibility index (Phi) is 6.79. The fourth-order valence-electron chi connectivity index (χ4n) is 3.80. The minimum Gasteiger partial charge on any atom is -0.465 e. The minimum atomic E-state index is -1.000. The molecule has 8 nitrogen and oxygen atoms in total. The van der Waals surface area contributed by atoms with Gasteiger partial charge in [0.1, 0.15) is 0 Å². The average Bonchev–Trinajstić information content (AvgIpc) is 3.10. The van der Waals surface area contributed by atoms with Crippen molar-refractivity contribution >= 4 is 29.1 Å². The van der Waals surface area contributed by atoms with Crippen molar-refractivity contribution in [1.29, 1.82) is 0 Å². The lowest BCUT2D eigenvalue weighted by Gasteiger charge is -2.27. The fourth-order valence-corrected chi connectivity index (χ4v) is 3.80. The van der Waals surface area contributed by atoms with E-state index >= 15 is 0 Å². The van der Waals surface area contributed by atoms with Crippen LogP contribution in [0.5, 0.6) is 0 Å². The second kappa shape index (κ2) is 9.49. The normalized spacial score (nSPS) is 18.4. The highest BCUT2D eigenvalue weighted by atomic mass is 16.4. The molecule has 5 N–H and O–H groups in total. The number of para-hydroxylation sites is 2. The van der Waals surface area contributed by atoms with E-state index in [1.165, 1.54) is 0 Å². The zero-order valence-electron chi connectivity index (χ0n) is 17.3. The summed E-state index contributed by atoms with van der Waals surface area (Å²) in [5.74, 6) is -0.226. The van der Waals surface area contributed by atoms with Crippen molar-refractivity contribution in [1.82, 2.24) is 10.2 Å². The number of nitrogens with one attached hydrogen (secondary N) is 2. The first-order chi connectivity index (χ1) is 14.3. The van der Waals surface area contributed by atoms with E-state index in [1.807, 2.05) is 38.4 Å². The number of nitrogens with zero attached hydrogens (tertiary/aromatic N) is 2. The number of nitrogen functional groups attached to an aromatic ring is 1. The second-order valence-corrected chi connectivity index (χ2v) is 7.87. The first-order valence-electron chi connectivity index (χ1n) is 10.00. The molecule has 2 amide bonds. The number of benzene rings is 2. The average molecular weight is 412 g/mol. The molecule has 3 rings (SSSR count). The van der Waals surface area contributed by atoms with Gasteiger partial charge in [0.15, 0.2) is 0 Å². The SMILES string of the molecule is CN(C)CCC1CC(NC(=O)O)CN1c1ccc(C(=O)Nc2ccccc2N)cc1. The molecule has 2 atom stereocenters. The maximum Gasteiger partial charge on any atom is 0.404 e. The third kappa shape index (κ3) is 5.42. The number of amides is 2. The summed E-state index contributed by atoms with van der Waals surface area (Å²) in [5.41, 5.74) is 8.50. The predicted octanol–water partition coefficient (Wildman–Crippen LogP) is 2.69. The zero-order chi connectivity index (χ0) is 21.7. The van der Waals surface area contributed by atoms with Crippen LogP contribution in [0.2, 0.25) is 0 Å². The Morgan fingerprint density at radius 3 is 2.50 bits per heavy atom. The molecule has 8 heteroatoms. The Balaban J connectivity index is 1.71. The van der Waals surface area contributed by atoms with Crippen molar-refractivity contribution in [2.75, 3.05) is 43.1 Å². The highest BCUT2D eigenvalue weighted by molar-refractivity contribution is 6.05. The Morgan fingerprint density at radius 2 is 1.87 bits per heavy atom. The Hall–Kier alpha value is -3.26. The Bertz CT molecular complexity index is 885. The summed E-state index contributed by atoms with van der Waals surface area (Å²) in [4.78, 5) is 28.0. The van der Waals surface area contributed by atoms with Crippen molar-refractivity contribution in [3.05, 3.63) is 54.1 Å². The fraction of sp³-hybridized carbons (Fsp3) is 0.364. The summed E-state index contributed by atoms with van der Waals surface area (Å²) in [6.07, 6.45) is 0.691. The molecule has 1 saturated heterocycles. The Labute approximate surface area is 176 Å². The highest BCUT2D eigenvalue weighted by Gasteiger charge is 2.33. The lowest BCUT2D eigenvalue weighted by atomic mass is 10.1. The van der Waals surface area contributed by atoms with Crippen LogP contribution in [0.1, 0.15) is 23.2 Å². The molecule has 0 radical (unpaired) electrons. The maximum absolute atomic E-state index is 12.6. The summed E-state index contributed by atoms with van der Waals surface area (Å²) in [6, 6.07) is 14.6. The smallest absolute Gasteiger partial charge is 0.404 e. The molecule has 1 heterocycles. The van der Waals surface area contributed by atoms with E-state index in [1.54, 1.807) is 24.3 Å². The van der Waals surface area contributed by atoms with Crippen LogP contribution in [-0.2, 0) is 0 Å². The first-order valence-corrected chi connectivity index (χ1v) is 10.00. The number of carbonyl (C=O) groups is 2. The molecule has 0 bridgehead atoms. The molecule has 0 spiro atoms.